The Morgan fingerprint density at radius 2 is 2.00 bits per heavy atom. The van der Waals surface area contributed by atoms with Crippen molar-refractivity contribution < 1.29 is 4.79 Å². The first-order chi connectivity index (χ1) is 9.03. The highest BCUT2D eigenvalue weighted by Gasteiger charge is 2.31. The number of carbonyl (C=O) groups is 1. The number of hydrogen-bond donors (Lipinski definition) is 1. The smallest absolute Gasteiger partial charge is 0.246 e. The van der Waals surface area contributed by atoms with Gasteiger partial charge in [0.05, 0.1) is 18.0 Å². The standard InChI is InChI=1S/C15H21N3O/c1-4-17-15(2,3)14(19)18(12-8-11-16)13-9-6-5-7-10-13/h5-7,9-10,17H,4,8,12H2,1-3H3. The molecule has 0 fully saturated rings. The summed E-state index contributed by atoms with van der Waals surface area (Å²) < 4.78 is 0. The van der Waals surface area contributed by atoms with Crippen LogP contribution in [0.5, 0.6) is 0 Å². The van der Waals surface area contributed by atoms with Crippen molar-refractivity contribution in [1.82, 2.24) is 5.32 Å². The van der Waals surface area contributed by atoms with Crippen LogP contribution >= 0.6 is 0 Å². The molecule has 1 rings (SSSR count). The van der Waals surface area contributed by atoms with Gasteiger partial charge >= 0.3 is 0 Å². The average Bonchev–Trinajstić information content (AvgIpc) is 2.40. The van der Waals surface area contributed by atoms with E-state index in [1.165, 1.54) is 0 Å². The van der Waals surface area contributed by atoms with Gasteiger partial charge < -0.3 is 10.2 Å². The van der Waals surface area contributed by atoms with E-state index in [0.717, 1.165) is 12.2 Å². The molecule has 1 N–H and O–H groups in total. The lowest BCUT2D eigenvalue weighted by Gasteiger charge is -2.32. The van der Waals surface area contributed by atoms with E-state index in [1.54, 1.807) is 4.90 Å². The third-order valence-electron chi connectivity index (χ3n) is 2.91. The van der Waals surface area contributed by atoms with Crippen molar-refractivity contribution in [3.8, 4) is 6.07 Å². The minimum Gasteiger partial charge on any atom is -0.310 e. The summed E-state index contributed by atoms with van der Waals surface area (Å²) in [7, 11) is 0. The molecule has 0 saturated carbocycles. The van der Waals surface area contributed by atoms with Crippen LogP contribution in [0.4, 0.5) is 5.69 Å². The molecule has 1 aromatic carbocycles. The largest absolute Gasteiger partial charge is 0.310 e. The monoisotopic (exact) mass is 259 g/mol. The topological polar surface area (TPSA) is 56.1 Å². The third kappa shape index (κ3) is 4.08. The van der Waals surface area contributed by atoms with Crippen molar-refractivity contribution in [3.63, 3.8) is 0 Å². The first-order valence-electron chi connectivity index (χ1n) is 6.52. The van der Waals surface area contributed by atoms with E-state index in [-0.39, 0.29) is 5.91 Å². The number of nitriles is 1. The summed E-state index contributed by atoms with van der Waals surface area (Å²) in [6.45, 7) is 6.83. The Balaban J connectivity index is 2.98. The Labute approximate surface area is 115 Å². The molecule has 4 heteroatoms. The molecule has 0 saturated heterocycles. The van der Waals surface area contributed by atoms with Gasteiger partial charge in [0.1, 0.15) is 0 Å². The van der Waals surface area contributed by atoms with Crippen molar-refractivity contribution in [3.05, 3.63) is 30.3 Å². The van der Waals surface area contributed by atoms with Crippen molar-refractivity contribution in [2.75, 3.05) is 18.0 Å². The molecule has 0 bridgehead atoms. The highest BCUT2D eigenvalue weighted by atomic mass is 16.2. The molecule has 0 heterocycles. The fourth-order valence-electron chi connectivity index (χ4n) is 1.97. The molecule has 0 aliphatic heterocycles. The second-order valence-electron chi connectivity index (χ2n) is 4.86. The maximum atomic E-state index is 12.6. The highest BCUT2D eigenvalue weighted by Crippen LogP contribution is 2.18. The van der Waals surface area contributed by atoms with Crippen LogP contribution in [0.1, 0.15) is 27.2 Å². The van der Waals surface area contributed by atoms with Gasteiger partial charge in [0.2, 0.25) is 5.91 Å². The van der Waals surface area contributed by atoms with E-state index >= 15 is 0 Å². The Morgan fingerprint density at radius 1 is 1.37 bits per heavy atom. The third-order valence-corrected chi connectivity index (χ3v) is 2.91. The molecule has 0 aliphatic rings. The number of carbonyl (C=O) groups excluding carboxylic acids is 1. The first-order valence-corrected chi connectivity index (χ1v) is 6.52. The maximum Gasteiger partial charge on any atom is 0.246 e. The summed E-state index contributed by atoms with van der Waals surface area (Å²) in [5.74, 6) is -0.0178. The molecule has 0 unspecified atom stereocenters. The quantitative estimate of drug-likeness (QED) is 0.853. The zero-order valence-corrected chi connectivity index (χ0v) is 11.8. The number of rotatable bonds is 6. The summed E-state index contributed by atoms with van der Waals surface area (Å²) >= 11 is 0. The van der Waals surface area contributed by atoms with Crippen LogP contribution in [-0.4, -0.2) is 24.5 Å². The van der Waals surface area contributed by atoms with Gasteiger partial charge in [-0.3, -0.25) is 4.79 Å². The zero-order chi connectivity index (χ0) is 14.3. The molecule has 0 radical (unpaired) electrons. The Bertz CT molecular complexity index is 448. The van der Waals surface area contributed by atoms with E-state index in [0.29, 0.717) is 13.0 Å². The Kier molecular flexibility index (Phi) is 5.53. The number of hydrogen-bond acceptors (Lipinski definition) is 3. The lowest BCUT2D eigenvalue weighted by molar-refractivity contribution is -0.123. The van der Waals surface area contributed by atoms with Gasteiger partial charge in [-0.1, -0.05) is 25.1 Å². The predicted octanol–water partition coefficient (Wildman–Crippen LogP) is 2.32. The number of nitrogens with zero attached hydrogens (tertiary/aromatic N) is 2. The molecule has 102 valence electrons. The molecule has 0 aliphatic carbocycles. The number of amides is 1. The number of anilines is 1. The van der Waals surface area contributed by atoms with Crippen LogP contribution < -0.4 is 10.2 Å². The molecule has 0 spiro atoms. The van der Waals surface area contributed by atoms with E-state index < -0.39 is 5.54 Å². The fraction of sp³-hybridized carbons (Fsp3) is 0.467. The van der Waals surface area contributed by atoms with E-state index in [2.05, 4.69) is 11.4 Å². The Hall–Kier alpha value is -1.86. The van der Waals surface area contributed by atoms with E-state index in [1.807, 2.05) is 51.1 Å². The van der Waals surface area contributed by atoms with Gasteiger partial charge in [-0.05, 0) is 32.5 Å². The fourth-order valence-corrected chi connectivity index (χ4v) is 1.97. The predicted molar refractivity (Wildman–Crippen MR) is 76.8 cm³/mol. The molecule has 19 heavy (non-hydrogen) atoms. The second kappa shape index (κ2) is 6.91. The van der Waals surface area contributed by atoms with Crippen molar-refractivity contribution in [1.29, 1.82) is 5.26 Å². The summed E-state index contributed by atoms with van der Waals surface area (Å²) in [4.78, 5) is 14.3. The van der Waals surface area contributed by atoms with E-state index in [9.17, 15) is 4.79 Å². The van der Waals surface area contributed by atoms with Crippen molar-refractivity contribution >= 4 is 11.6 Å². The van der Waals surface area contributed by atoms with Gasteiger partial charge in [0.15, 0.2) is 0 Å². The van der Waals surface area contributed by atoms with Gasteiger partial charge in [0.25, 0.3) is 0 Å². The number of benzene rings is 1. The zero-order valence-electron chi connectivity index (χ0n) is 11.8. The first kappa shape index (κ1) is 15.2. The molecule has 1 aromatic rings. The normalized spacial score (nSPS) is 10.8. The highest BCUT2D eigenvalue weighted by molar-refractivity contribution is 5.99. The van der Waals surface area contributed by atoms with E-state index in [4.69, 9.17) is 5.26 Å². The molecular formula is C15H21N3O. The SMILES string of the molecule is CCNC(C)(C)C(=O)N(CCC#N)c1ccccc1. The van der Waals surface area contributed by atoms with Crippen molar-refractivity contribution in [2.45, 2.75) is 32.7 Å². The minimum atomic E-state index is -0.639. The van der Waals surface area contributed by atoms with Crippen LogP contribution in [0.15, 0.2) is 30.3 Å². The van der Waals surface area contributed by atoms with Crippen LogP contribution in [-0.2, 0) is 4.79 Å². The van der Waals surface area contributed by atoms with Gasteiger partial charge in [-0.25, -0.2) is 0 Å². The average molecular weight is 259 g/mol. The molecule has 4 nitrogen and oxygen atoms in total. The molecule has 0 aromatic heterocycles. The molecule has 1 amide bonds. The van der Waals surface area contributed by atoms with Gasteiger partial charge in [-0.15, -0.1) is 0 Å². The van der Waals surface area contributed by atoms with Crippen LogP contribution in [0, 0.1) is 11.3 Å². The van der Waals surface area contributed by atoms with Gasteiger partial charge in [-0.2, -0.15) is 5.26 Å². The van der Waals surface area contributed by atoms with Crippen LogP contribution in [0.3, 0.4) is 0 Å². The van der Waals surface area contributed by atoms with Crippen molar-refractivity contribution in [2.24, 2.45) is 0 Å². The summed E-state index contributed by atoms with van der Waals surface area (Å²) in [5.41, 5.74) is 0.189. The lowest BCUT2D eigenvalue weighted by Crippen LogP contribution is -2.54. The second-order valence-corrected chi connectivity index (χ2v) is 4.86. The Morgan fingerprint density at radius 3 is 2.53 bits per heavy atom. The molecule has 0 atom stereocenters. The number of likely N-dealkylation sites (N-methyl/N-ethyl adjacent to an activating group) is 1. The molecular weight excluding hydrogens is 238 g/mol. The number of para-hydroxylation sites is 1. The summed E-state index contributed by atoms with van der Waals surface area (Å²) in [6, 6.07) is 11.6. The summed E-state index contributed by atoms with van der Waals surface area (Å²) in [6.07, 6.45) is 0.322. The maximum absolute atomic E-state index is 12.6. The van der Waals surface area contributed by atoms with Crippen LogP contribution in [0.2, 0.25) is 0 Å². The van der Waals surface area contributed by atoms with Gasteiger partial charge in [0, 0.05) is 12.2 Å². The van der Waals surface area contributed by atoms with Crippen LogP contribution in [0.25, 0.3) is 0 Å². The lowest BCUT2D eigenvalue weighted by atomic mass is 10.0. The minimum absolute atomic E-state index is 0.0178. The number of nitrogens with one attached hydrogen (secondary N) is 1. The summed E-state index contributed by atoms with van der Waals surface area (Å²) in [5, 5.41) is 11.9.